The Bertz CT molecular complexity index is 1010. The molecule has 9 heteroatoms. The third-order valence-corrected chi connectivity index (χ3v) is 6.13. The van der Waals surface area contributed by atoms with Crippen LogP contribution in [0.15, 0.2) is 21.9 Å². The molecular formula is C19H22N4O3S2. The summed E-state index contributed by atoms with van der Waals surface area (Å²) >= 11 is 2.73. The van der Waals surface area contributed by atoms with Gasteiger partial charge < -0.3 is 9.73 Å². The van der Waals surface area contributed by atoms with Gasteiger partial charge in [0.1, 0.15) is 16.3 Å². The average Bonchev–Trinajstić information content (AvgIpc) is 3.31. The molecule has 0 saturated heterocycles. The largest absolute Gasteiger partial charge is 0.458 e. The zero-order valence-corrected chi connectivity index (χ0v) is 18.0. The lowest BCUT2D eigenvalue weighted by atomic mass is 9.98. The van der Waals surface area contributed by atoms with E-state index in [1.807, 2.05) is 12.3 Å². The molecule has 3 heterocycles. The van der Waals surface area contributed by atoms with E-state index in [4.69, 9.17) is 4.42 Å². The number of rotatable bonds is 5. The van der Waals surface area contributed by atoms with Gasteiger partial charge >= 0.3 is 0 Å². The van der Waals surface area contributed by atoms with Crippen molar-refractivity contribution in [3.63, 3.8) is 0 Å². The monoisotopic (exact) mass is 418 g/mol. The SMILES string of the molecule is CC(=O)NCc1ccc(-c2csc(NC(=O)c3sc(C(C)(C)C)nc3C)n2)o1. The molecule has 0 aliphatic heterocycles. The van der Waals surface area contributed by atoms with Gasteiger partial charge in [-0.2, -0.15) is 0 Å². The minimum atomic E-state index is -0.211. The molecule has 0 bridgehead atoms. The molecule has 0 atom stereocenters. The lowest BCUT2D eigenvalue weighted by Crippen LogP contribution is -2.18. The Balaban J connectivity index is 1.70. The molecule has 0 fully saturated rings. The quantitative estimate of drug-likeness (QED) is 0.642. The third-order valence-electron chi connectivity index (χ3n) is 3.79. The van der Waals surface area contributed by atoms with Gasteiger partial charge in [0.15, 0.2) is 10.9 Å². The van der Waals surface area contributed by atoms with E-state index in [0.29, 0.717) is 33.8 Å². The number of thiazole rings is 2. The second kappa shape index (κ2) is 7.84. The summed E-state index contributed by atoms with van der Waals surface area (Å²) in [4.78, 5) is 33.2. The Labute approximate surface area is 171 Å². The standard InChI is InChI=1S/C19H22N4O3S2/c1-10-15(28-17(21-10)19(3,4)5)16(25)23-18-22-13(9-27-18)14-7-6-12(26-14)8-20-11(2)24/h6-7,9H,8H2,1-5H3,(H,20,24)(H,22,23,25). The summed E-state index contributed by atoms with van der Waals surface area (Å²) in [6.45, 7) is 9.84. The van der Waals surface area contributed by atoms with Crippen molar-refractivity contribution in [3.8, 4) is 11.5 Å². The lowest BCUT2D eigenvalue weighted by molar-refractivity contribution is -0.119. The molecule has 0 saturated carbocycles. The Morgan fingerprint density at radius 2 is 1.96 bits per heavy atom. The van der Waals surface area contributed by atoms with Crippen LogP contribution in [0.4, 0.5) is 5.13 Å². The predicted octanol–water partition coefficient (Wildman–Crippen LogP) is 4.35. The van der Waals surface area contributed by atoms with Crippen LogP contribution >= 0.6 is 22.7 Å². The summed E-state index contributed by atoms with van der Waals surface area (Å²) in [7, 11) is 0. The minimum Gasteiger partial charge on any atom is -0.458 e. The van der Waals surface area contributed by atoms with Gasteiger partial charge in [0.2, 0.25) is 5.91 Å². The second-order valence-corrected chi connectivity index (χ2v) is 9.21. The molecule has 3 aromatic heterocycles. The van der Waals surface area contributed by atoms with E-state index in [9.17, 15) is 9.59 Å². The fraction of sp³-hybridized carbons (Fsp3) is 0.368. The molecule has 3 aromatic rings. The van der Waals surface area contributed by atoms with Gasteiger partial charge in [-0.05, 0) is 19.1 Å². The van der Waals surface area contributed by atoms with Crippen molar-refractivity contribution < 1.29 is 14.0 Å². The number of nitrogens with one attached hydrogen (secondary N) is 2. The van der Waals surface area contributed by atoms with Crippen LogP contribution < -0.4 is 10.6 Å². The first-order valence-electron chi connectivity index (χ1n) is 8.72. The Morgan fingerprint density at radius 3 is 2.61 bits per heavy atom. The number of aromatic nitrogens is 2. The van der Waals surface area contributed by atoms with Crippen molar-refractivity contribution in [1.82, 2.24) is 15.3 Å². The maximum atomic E-state index is 12.6. The maximum Gasteiger partial charge on any atom is 0.269 e. The van der Waals surface area contributed by atoms with Crippen molar-refractivity contribution in [1.29, 1.82) is 0 Å². The van der Waals surface area contributed by atoms with Crippen LogP contribution in [0.1, 0.15) is 53.8 Å². The summed E-state index contributed by atoms with van der Waals surface area (Å²) in [5.74, 6) is 0.890. The fourth-order valence-corrected chi connectivity index (χ4v) is 4.06. The van der Waals surface area contributed by atoms with Crippen molar-refractivity contribution >= 4 is 39.6 Å². The number of amides is 2. The molecule has 7 nitrogen and oxygen atoms in total. The normalized spacial score (nSPS) is 11.5. The van der Waals surface area contributed by atoms with Crippen LogP contribution in [0.5, 0.6) is 0 Å². The van der Waals surface area contributed by atoms with Gasteiger partial charge in [-0.1, -0.05) is 20.8 Å². The Kier molecular flexibility index (Phi) is 5.66. The van der Waals surface area contributed by atoms with Crippen LogP contribution in [0.2, 0.25) is 0 Å². The topological polar surface area (TPSA) is 97.1 Å². The minimum absolute atomic E-state index is 0.101. The molecule has 0 aliphatic carbocycles. The van der Waals surface area contributed by atoms with E-state index in [-0.39, 0.29) is 17.2 Å². The summed E-state index contributed by atoms with van der Waals surface area (Å²) in [5, 5.41) is 8.76. The Hall–Kier alpha value is -2.52. The number of aryl methyl sites for hydroxylation is 1. The average molecular weight is 419 g/mol. The first kappa shape index (κ1) is 20.2. The first-order valence-corrected chi connectivity index (χ1v) is 10.4. The van der Waals surface area contributed by atoms with Gasteiger partial charge in [0.25, 0.3) is 5.91 Å². The van der Waals surface area contributed by atoms with Crippen LogP contribution in [-0.2, 0) is 16.8 Å². The van der Waals surface area contributed by atoms with E-state index in [0.717, 1.165) is 10.7 Å². The van der Waals surface area contributed by atoms with Gasteiger partial charge in [-0.15, -0.1) is 22.7 Å². The maximum absolute atomic E-state index is 12.6. The van der Waals surface area contributed by atoms with Crippen molar-refractivity contribution in [2.75, 3.05) is 5.32 Å². The highest BCUT2D eigenvalue weighted by atomic mass is 32.1. The van der Waals surface area contributed by atoms with Gasteiger partial charge in [-0.25, -0.2) is 9.97 Å². The molecule has 3 rings (SSSR count). The molecule has 0 unspecified atom stereocenters. The fourth-order valence-electron chi connectivity index (χ4n) is 2.35. The van der Waals surface area contributed by atoms with E-state index in [1.165, 1.54) is 29.6 Å². The highest BCUT2D eigenvalue weighted by Gasteiger charge is 2.23. The summed E-state index contributed by atoms with van der Waals surface area (Å²) in [6, 6.07) is 3.58. The third kappa shape index (κ3) is 4.66. The van der Waals surface area contributed by atoms with Crippen LogP contribution in [-0.4, -0.2) is 21.8 Å². The van der Waals surface area contributed by atoms with Crippen molar-refractivity contribution in [2.24, 2.45) is 0 Å². The highest BCUT2D eigenvalue weighted by molar-refractivity contribution is 7.15. The molecule has 0 aliphatic rings. The van der Waals surface area contributed by atoms with Crippen LogP contribution in [0, 0.1) is 6.92 Å². The summed E-state index contributed by atoms with van der Waals surface area (Å²) in [6.07, 6.45) is 0. The number of anilines is 1. The molecule has 148 valence electrons. The summed E-state index contributed by atoms with van der Waals surface area (Å²) < 4.78 is 5.69. The number of carbonyl (C=O) groups is 2. The highest BCUT2D eigenvalue weighted by Crippen LogP contribution is 2.31. The number of hydrogen-bond donors (Lipinski definition) is 2. The number of carbonyl (C=O) groups excluding carboxylic acids is 2. The number of nitrogens with zero attached hydrogens (tertiary/aromatic N) is 2. The van der Waals surface area contributed by atoms with E-state index in [1.54, 1.807) is 12.1 Å². The van der Waals surface area contributed by atoms with Gasteiger partial charge in [0.05, 0.1) is 17.2 Å². The van der Waals surface area contributed by atoms with Crippen LogP contribution in [0.3, 0.4) is 0 Å². The predicted molar refractivity (Wildman–Crippen MR) is 111 cm³/mol. The number of furan rings is 1. The van der Waals surface area contributed by atoms with E-state index in [2.05, 4.69) is 41.4 Å². The Morgan fingerprint density at radius 1 is 1.21 bits per heavy atom. The molecule has 0 aromatic carbocycles. The molecule has 0 spiro atoms. The zero-order valence-electron chi connectivity index (χ0n) is 16.4. The lowest BCUT2D eigenvalue weighted by Gasteiger charge is -2.13. The number of hydrogen-bond acceptors (Lipinski definition) is 7. The molecule has 2 N–H and O–H groups in total. The first-order chi connectivity index (χ1) is 13.1. The zero-order chi connectivity index (χ0) is 20.5. The van der Waals surface area contributed by atoms with Gasteiger partial charge in [0, 0.05) is 17.7 Å². The summed E-state index contributed by atoms with van der Waals surface area (Å²) in [5.41, 5.74) is 1.25. The molecule has 0 radical (unpaired) electrons. The molecular weight excluding hydrogens is 396 g/mol. The second-order valence-electron chi connectivity index (χ2n) is 7.35. The van der Waals surface area contributed by atoms with Gasteiger partial charge in [-0.3, -0.25) is 14.9 Å². The van der Waals surface area contributed by atoms with E-state index < -0.39 is 0 Å². The van der Waals surface area contributed by atoms with Crippen molar-refractivity contribution in [2.45, 2.75) is 46.6 Å². The molecule has 28 heavy (non-hydrogen) atoms. The molecule has 2 amide bonds. The van der Waals surface area contributed by atoms with Crippen molar-refractivity contribution in [3.05, 3.63) is 38.9 Å². The van der Waals surface area contributed by atoms with Crippen LogP contribution in [0.25, 0.3) is 11.5 Å². The smallest absolute Gasteiger partial charge is 0.269 e. The van der Waals surface area contributed by atoms with E-state index >= 15 is 0 Å².